The minimum absolute atomic E-state index is 0.00366. The molecular weight excluding hydrogens is 136 g/mol. The zero-order chi connectivity index (χ0) is 7.90. The van der Waals surface area contributed by atoms with Gasteiger partial charge in [0.25, 0.3) is 0 Å². The van der Waals surface area contributed by atoms with E-state index in [9.17, 15) is 0 Å². The highest BCUT2D eigenvalue weighted by Gasteiger charge is 2.24. The van der Waals surface area contributed by atoms with Gasteiger partial charge >= 0.3 is 0 Å². The second-order valence-corrected chi connectivity index (χ2v) is 3.42. The molecule has 2 heteroatoms. The second kappa shape index (κ2) is 1.91. The van der Waals surface area contributed by atoms with Gasteiger partial charge in [-0.3, -0.25) is 0 Å². The van der Waals surface area contributed by atoms with Crippen molar-refractivity contribution in [1.82, 2.24) is 0 Å². The molecule has 58 valence electrons. The lowest BCUT2D eigenvalue weighted by molar-refractivity contribution is 0.675. The minimum atomic E-state index is 0.00366. The molecule has 1 aromatic rings. The summed E-state index contributed by atoms with van der Waals surface area (Å²) < 4.78 is 0. The van der Waals surface area contributed by atoms with Crippen molar-refractivity contribution in [2.75, 3.05) is 10.6 Å². The largest absolute Gasteiger partial charge is 0.362 e. The van der Waals surface area contributed by atoms with Crippen LogP contribution in [0.15, 0.2) is 24.3 Å². The second-order valence-electron chi connectivity index (χ2n) is 3.42. The Morgan fingerprint density at radius 1 is 1.00 bits per heavy atom. The molecule has 2 N–H and O–H groups in total. The predicted octanol–water partition coefficient (Wildman–Crippen LogP) is 2.26. The summed E-state index contributed by atoms with van der Waals surface area (Å²) in [4.78, 5) is 0. The summed E-state index contributed by atoms with van der Waals surface area (Å²) >= 11 is 0. The lowest BCUT2D eigenvalue weighted by Gasteiger charge is -2.19. The number of anilines is 2. The maximum absolute atomic E-state index is 3.36. The lowest BCUT2D eigenvalue weighted by atomic mass is 10.3. The van der Waals surface area contributed by atoms with Gasteiger partial charge in [-0.25, -0.2) is 0 Å². The normalized spacial score (nSPS) is 18.4. The molecule has 1 aliphatic rings. The number of benzene rings is 1. The fourth-order valence-electron chi connectivity index (χ4n) is 1.41. The standard InChI is InChI=1S/C9H12N2/c1-9(2)10-7-5-3-4-6-8(7)11-9/h3-6,10-11H,1-2H3. The number of rotatable bonds is 0. The van der Waals surface area contributed by atoms with Crippen molar-refractivity contribution in [1.29, 1.82) is 0 Å². The highest BCUT2D eigenvalue weighted by atomic mass is 15.2. The molecule has 1 heterocycles. The van der Waals surface area contributed by atoms with Crippen LogP contribution in [0.2, 0.25) is 0 Å². The average molecular weight is 148 g/mol. The van der Waals surface area contributed by atoms with Gasteiger partial charge in [0, 0.05) is 0 Å². The molecule has 0 fully saturated rings. The quantitative estimate of drug-likeness (QED) is 0.589. The summed E-state index contributed by atoms with van der Waals surface area (Å²) in [7, 11) is 0. The Morgan fingerprint density at radius 3 is 1.91 bits per heavy atom. The van der Waals surface area contributed by atoms with Crippen LogP contribution < -0.4 is 10.6 Å². The maximum Gasteiger partial charge on any atom is 0.102 e. The van der Waals surface area contributed by atoms with Crippen molar-refractivity contribution >= 4 is 11.4 Å². The molecular formula is C9H12N2. The van der Waals surface area contributed by atoms with Crippen LogP contribution in [0.3, 0.4) is 0 Å². The van der Waals surface area contributed by atoms with Crippen LogP contribution in [-0.4, -0.2) is 5.66 Å². The van der Waals surface area contributed by atoms with E-state index in [0.717, 1.165) is 0 Å². The van der Waals surface area contributed by atoms with Crippen molar-refractivity contribution < 1.29 is 0 Å². The highest BCUT2D eigenvalue weighted by Crippen LogP contribution is 2.32. The number of hydrogen-bond acceptors (Lipinski definition) is 2. The third kappa shape index (κ3) is 1.04. The minimum Gasteiger partial charge on any atom is -0.362 e. The Labute approximate surface area is 66.6 Å². The van der Waals surface area contributed by atoms with Gasteiger partial charge in [-0.1, -0.05) is 12.1 Å². The summed E-state index contributed by atoms with van der Waals surface area (Å²) in [6, 6.07) is 8.23. The molecule has 0 amide bonds. The Bertz CT molecular complexity index is 252. The zero-order valence-corrected chi connectivity index (χ0v) is 6.81. The van der Waals surface area contributed by atoms with Crippen LogP contribution >= 0.6 is 0 Å². The molecule has 0 unspecified atom stereocenters. The molecule has 1 aliphatic heterocycles. The molecule has 0 atom stereocenters. The first kappa shape index (κ1) is 6.53. The van der Waals surface area contributed by atoms with E-state index in [1.54, 1.807) is 0 Å². The van der Waals surface area contributed by atoms with Crippen molar-refractivity contribution in [3.05, 3.63) is 24.3 Å². The van der Waals surface area contributed by atoms with E-state index in [-0.39, 0.29) is 5.66 Å². The van der Waals surface area contributed by atoms with Crippen molar-refractivity contribution in [3.8, 4) is 0 Å². The Kier molecular flexibility index (Phi) is 1.13. The number of para-hydroxylation sites is 2. The smallest absolute Gasteiger partial charge is 0.102 e. The van der Waals surface area contributed by atoms with Crippen molar-refractivity contribution in [3.63, 3.8) is 0 Å². The molecule has 0 bridgehead atoms. The fraction of sp³-hybridized carbons (Fsp3) is 0.333. The molecule has 0 spiro atoms. The SMILES string of the molecule is CC1(C)Nc2ccccc2N1. The van der Waals surface area contributed by atoms with Gasteiger partial charge in [0.2, 0.25) is 0 Å². The van der Waals surface area contributed by atoms with Crippen LogP contribution in [0.25, 0.3) is 0 Å². The lowest BCUT2D eigenvalue weighted by Crippen LogP contribution is -2.33. The molecule has 0 saturated heterocycles. The Hall–Kier alpha value is -1.18. The first-order valence-corrected chi connectivity index (χ1v) is 3.83. The third-order valence-corrected chi connectivity index (χ3v) is 1.82. The third-order valence-electron chi connectivity index (χ3n) is 1.82. The molecule has 0 saturated carbocycles. The van der Waals surface area contributed by atoms with E-state index < -0.39 is 0 Å². The van der Waals surface area contributed by atoms with E-state index in [4.69, 9.17) is 0 Å². The van der Waals surface area contributed by atoms with Crippen LogP contribution in [0, 0.1) is 0 Å². The summed E-state index contributed by atoms with van der Waals surface area (Å²) in [6.07, 6.45) is 0. The Morgan fingerprint density at radius 2 is 1.45 bits per heavy atom. The monoisotopic (exact) mass is 148 g/mol. The first-order chi connectivity index (χ1) is 5.17. The number of hydrogen-bond donors (Lipinski definition) is 2. The van der Waals surface area contributed by atoms with E-state index in [1.807, 2.05) is 12.1 Å². The highest BCUT2D eigenvalue weighted by molar-refractivity contribution is 5.75. The van der Waals surface area contributed by atoms with Gasteiger partial charge in [0.15, 0.2) is 0 Å². The van der Waals surface area contributed by atoms with Gasteiger partial charge in [0.1, 0.15) is 5.66 Å². The Balaban J connectivity index is 2.41. The molecule has 11 heavy (non-hydrogen) atoms. The predicted molar refractivity (Wildman–Crippen MR) is 47.8 cm³/mol. The number of nitrogens with one attached hydrogen (secondary N) is 2. The van der Waals surface area contributed by atoms with Crippen molar-refractivity contribution in [2.24, 2.45) is 0 Å². The van der Waals surface area contributed by atoms with E-state index in [2.05, 4.69) is 36.6 Å². The van der Waals surface area contributed by atoms with Crippen LogP contribution in [0.1, 0.15) is 13.8 Å². The topological polar surface area (TPSA) is 24.1 Å². The van der Waals surface area contributed by atoms with Gasteiger partial charge in [0.05, 0.1) is 11.4 Å². The average Bonchev–Trinajstić information content (AvgIpc) is 2.21. The van der Waals surface area contributed by atoms with Gasteiger partial charge in [-0.2, -0.15) is 0 Å². The molecule has 1 aromatic carbocycles. The van der Waals surface area contributed by atoms with Gasteiger partial charge < -0.3 is 10.6 Å². The molecule has 0 radical (unpaired) electrons. The molecule has 0 aromatic heterocycles. The van der Waals surface area contributed by atoms with Crippen LogP contribution in [0.4, 0.5) is 11.4 Å². The molecule has 0 aliphatic carbocycles. The summed E-state index contributed by atoms with van der Waals surface area (Å²) in [5, 5.41) is 6.73. The number of fused-ring (bicyclic) bond motifs is 1. The molecule has 2 nitrogen and oxygen atoms in total. The van der Waals surface area contributed by atoms with E-state index in [1.165, 1.54) is 11.4 Å². The van der Waals surface area contributed by atoms with Crippen molar-refractivity contribution in [2.45, 2.75) is 19.5 Å². The van der Waals surface area contributed by atoms with Crippen LogP contribution in [-0.2, 0) is 0 Å². The van der Waals surface area contributed by atoms with Gasteiger partial charge in [-0.15, -0.1) is 0 Å². The summed E-state index contributed by atoms with van der Waals surface area (Å²) in [5.74, 6) is 0. The molecule has 2 rings (SSSR count). The van der Waals surface area contributed by atoms with Crippen LogP contribution in [0.5, 0.6) is 0 Å². The van der Waals surface area contributed by atoms with Gasteiger partial charge in [-0.05, 0) is 26.0 Å². The first-order valence-electron chi connectivity index (χ1n) is 3.83. The fourth-order valence-corrected chi connectivity index (χ4v) is 1.41. The maximum atomic E-state index is 3.36. The zero-order valence-electron chi connectivity index (χ0n) is 6.81. The van der Waals surface area contributed by atoms with E-state index in [0.29, 0.717) is 0 Å². The van der Waals surface area contributed by atoms with E-state index >= 15 is 0 Å². The summed E-state index contributed by atoms with van der Waals surface area (Å²) in [5.41, 5.74) is 2.39. The summed E-state index contributed by atoms with van der Waals surface area (Å²) in [6.45, 7) is 4.24.